The predicted molar refractivity (Wildman–Crippen MR) is 91.9 cm³/mol. The van der Waals surface area contributed by atoms with Crippen LogP contribution in [0.15, 0.2) is 24.3 Å². The van der Waals surface area contributed by atoms with Crippen molar-refractivity contribution in [3.05, 3.63) is 29.8 Å². The summed E-state index contributed by atoms with van der Waals surface area (Å²) in [4.78, 5) is 27.2. The van der Waals surface area contributed by atoms with Crippen LogP contribution in [0.1, 0.15) is 31.2 Å². The molecule has 1 atom stereocenters. The summed E-state index contributed by atoms with van der Waals surface area (Å²) in [5.74, 6) is -1.01. The van der Waals surface area contributed by atoms with Crippen LogP contribution in [0.2, 0.25) is 0 Å². The van der Waals surface area contributed by atoms with Crippen LogP contribution in [0.3, 0.4) is 0 Å². The van der Waals surface area contributed by atoms with E-state index < -0.39 is 5.97 Å². The van der Waals surface area contributed by atoms with Crippen molar-refractivity contribution in [2.45, 2.75) is 44.2 Å². The van der Waals surface area contributed by atoms with E-state index in [1.165, 1.54) is 0 Å². The molecule has 2 saturated heterocycles. The molecule has 6 nitrogen and oxygen atoms in total. The third-order valence-corrected chi connectivity index (χ3v) is 5.23. The van der Waals surface area contributed by atoms with E-state index in [-0.39, 0.29) is 18.4 Å². The summed E-state index contributed by atoms with van der Waals surface area (Å²) < 4.78 is 0. The first-order valence-corrected chi connectivity index (χ1v) is 8.66. The van der Waals surface area contributed by atoms with Gasteiger partial charge in [0.15, 0.2) is 0 Å². The van der Waals surface area contributed by atoms with E-state index in [2.05, 4.69) is 9.80 Å². The Morgan fingerprint density at radius 1 is 1.12 bits per heavy atom. The van der Waals surface area contributed by atoms with Crippen LogP contribution < -0.4 is 10.6 Å². The van der Waals surface area contributed by atoms with E-state index >= 15 is 0 Å². The molecule has 3 rings (SSSR count). The van der Waals surface area contributed by atoms with E-state index in [1.54, 1.807) is 0 Å². The Bertz CT molecular complexity index is 611. The average Bonchev–Trinajstić information content (AvgIpc) is 3.05. The second kappa shape index (κ2) is 7.21. The Morgan fingerprint density at radius 2 is 1.83 bits per heavy atom. The van der Waals surface area contributed by atoms with Gasteiger partial charge in [-0.15, -0.1) is 0 Å². The van der Waals surface area contributed by atoms with Gasteiger partial charge in [0.2, 0.25) is 5.91 Å². The van der Waals surface area contributed by atoms with E-state index in [0.29, 0.717) is 6.04 Å². The summed E-state index contributed by atoms with van der Waals surface area (Å²) in [6.45, 7) is 2.71. The zero-order valence-corrected chi connectivity index (χ0v) is 13.9. The van der Waals surface area contributed by atoms with Gasteiger partial charge in [-0.2, -0.15) is 0 Å². The quantitative estimate of drug-likeness (QED) is 0.847. The number of carboxylic acids is 1. The fourth-order valence-corrected chi connectivity index (χ4v) is 4.10. The molecule has 24 heavy (non-hydrogen) atoms. The van der Waals surface area contributed by atoms with Crippen molar-refractivity contribution < 1.29 is 14.7 Å². The molecule has 2 heterocycles. The predicted octanol–water partition coefficient (Wildman–Crippen LogP) is 1.23. The van der Waals surface area contributed by atoms with Gasteiger partial charge in [-0.25, -0.2) is 0 Å². The van der Waals surface area contributed by atoms with E-state index in [9.17, 15) is 9.59 Å². The molecule has 2 aliphatic rings. The van der Waals surface area contributed by atoms with Gasteiger partial charge < -0.3 is 15.7 Å². The number of nitrogens with two attached hydrogens (primary N) is 1. The Morgan fingerprint density at radius 3 is 2.50 bits per heavy atom. The SMILES string of the molecule is NC(=O)C1CCCN1C1CCN(c2ccccc2CC(=O)O)CC1. The highest BCUT2D eigenvalue weighted by Gasteiger charge is 2.35. The lowest BCUT2D eigenvalue weighted by Gasteiger charge is -2.40. The molecule has 1 aromatic rings. The minimum absolute atomic E-state index is 0.0476. The normalized spacial score (nSPS) is 22.7. The lowest BCUT2D eigenvalue weighted by Crippen LogP contribution is -2.50. The average molecular weight is 331 g/mol. The van der Waals surface area contributed by atoms with Crippen molar-refractivity contribution >= 4 is 17.6 Å². The van der Waals surface area contributed by atoms with Gasteiger partial charge >= 0.3 is 5.97 Å². The summed E-state index contributed by atoms with van der Waals surface area (Å²) in [6.07, 6.45) is 3.91. The topological polar surface area (TPSA) is 86.9 Å². The number of carbonyl (C=O) groups is 2. The summed E-state index contributed by atoms with van der Waals surface area (Å²) in [5.41, 5.74) is 7.41. The number of hydrogen-bond donors (Lipinski definition) is 2. The van der Waals surface area contributed by atoms with Crippen molar-refractivity contribution in [2.24, 2.45) is 5.73 Å². The van der Waals surface area contributed by atoms with Gasteiger partial charge in [-0.1, -0.05) is 18.2 Å². The van der Waals surface area contributed by atoms with E-state index in [4.69, 9.17) is 10.8 Å². The molecule has 1 unspecified atom stereocenters. The minimum atomic E-state index is -0.807. The first-order valence-electron chi connectivity index (χ1n) is 8.66. The molecule has 2 aliphatic heterocycles. The second-order valence-electron chi connectivity index (χ2n) is 6.72. The Labute approximate surface area is 142 Å². The number of piperidine rings is 1. The highest BCUT2D eigenvalue weighted by molar-refractivity contribution is 5.80. The number of benzene rings is 1. The molecule has 1 aromatic carbocycles. The highest BCUT2D eigenvalue weighted by Crippen LogP contribution is 2.29. The Hall–Kier alpha value is -2.08. The molecule has 0 radical (unpaired) electrons. The smallest absolute Gasteiger partial charge is 0.307 e. The second-order valence-corrected chi connectivity index (χ2v) is 6.72. The number of rotatable bonds is 5. The minimum Gasteiger partial charge on any atom is -0.481 e. The fourth-order valence-electron chi connectivity index (χ4n) is 4.10. The fraction of sp³-hybridized carbons (Fsp3) is 0.556. The molecule has 0 saturated carbocycles. The maximum atomic E-state index is 11.6. The monoisotopic (exact) mass is 331 g/mol. The standard InChI is InChI=1S/C18H25N3O3/c19-18(24)16-6-3-9-21(16)14-7-10-20(11-8-14)15-5-2-1-4-13(15)12-17(22)23/h1-2,4-5,14,16H,3,6-12H2,(H2,19,24)(H,22,23). The third kappa shape index (κ3) is 3.53. The van der Waals surface area contributed by atoms with Crippen molar-refractivity contribution in [2.75, 3.05) is 24.5 Å². The Balaban J connectivity index is 1.65. The number of amides is 1. The van der Waals surface area contributed by atoms with Crippen LogP contribution in [0.4, 0.5) is 5.69 Å². The van der Waals surface area contributed by atoms with Gasteiger partial charge in [0.05, 0.1) is 12.5 Å². The zero-order valence-electron chi connectivity index (χ0n) is 13.9. The lowest BCUT2D eigenvalue weighted by molar-refractivity contribution is -0.136. The number of likely N-dealkylation sites (tertiary alicyclic amines) is 1. The first-order chi connectivity index (χ1) is 11.6. The van der Waals surface area contributed by atoms with Crippen LogP contribution >= 0.6 is 0 Å². The van der Waals surface area contributed by atoms with Crippen LogP contribution in [0.25, 0.3) is 0 Å². The van der Waals surface area contributed by atoms with Gasteiger partial charge in [0, 0.05) is 24.8 Å². The van der Waals surface area contributed by atoms with Gasteiger partial charge in [0.25, 0.3) is 0 Å². The van der Waals surface area contributed by atoms with Crippen molar-refractivity contribution in [1.82, 2.24) is 4.90 Å². The molecular weight excluding hydrogens is 306 g/mol. The molecule has 0 aliphatic carbocycles. The zero-order chi connectivity index (χ0) is 17.1. The number of hydrogen-bond acceptors (Lipinski definition) is 4. The lowest BCUT2D eigenvalue weighted by atomic mass is 9.99. The summed E-state index contributed by atoms with van der Waals surface area (Å²) in [7, 11) is 0. The number of aliphatic carboxylic acids is 1. The van der Waals surface area contributed by atoms with Crippen LogP contribution in [-0.4, -0.2) is 53.6 Å². The highest BCUT2D eigenvalue weighted by atomic mass is 16.4. The van der Waals surface area contributed by atoms with Crippen LogP contribution in [0, 0.1) is 0 Å². The molecule has 130 valence electrons. The van der Waals surface area contributed by atoms with E-state index in [1.807, 2.05) is 24.3 Å². The molecular formula is C18H25N3O3. The van der Waals surface area contributed by atoms with Crippen molar-refractivity contribution in [1.29, 1.82) is 0 Å². The first kappa shape index (κ1) is 16.8. The van der Waals surface area contributed by atoms with Gasteiger partial charge in [0.1, 0.15) is 0 Å². The van der Waals surface area contributed by atoms with E-state index in [0.717, 1.165) is 56.6 Å². The summed E-state index contributed by atoms with van der Waals surface area (Å²) in [6, 6.07) is 8.01. The van der Waals surface area contributed by atoms with Crippen molar-refractivity contribution in [3.63, 3.8) is 0 Å². The van der Waals surface area contributed by atoms with Gasteiger partial charge in [-0.05, 0) is 43.9 Å². The number of carbonyl (C=O) groups excluding carboxylic acids is 1. The number of anilines is 1. The molecule has 2 fully saturated rings. The molecule has 3 N–H and O–H groups in total. The number of primary amides is 1. The number of carboxylic acid groups (broad SMARTS) is 1. The Kier molecular flexibility index (Phi) is 5.04. The largest absolute Gasteiger partial charge is 0.481 e. The number of para-hydroxylation sites is 1. The molecule has 6 heteroatoms. The van der Waals surface area contributed by atoms with Crippen molar-refractivity contribution in [3.8, 4) is 0 Å². The summed E-state index contributed by atoms with van der Waals surface area (Å²) >= 11 is 0. The van der Waals surface area contributed by atoms with Gasteiger partial charge in [-0.3, -0.25) is 14.5 Å². The molecule has 0 bridgehead atoms. The number of nitrogens with zero attached hydrogens (tertiary/aromatic N) is 2. The summed E-state index contributed by atoms with van der Waals surface area (Å²) in [5, 5.41) is 9.09. The van der Waals surface area contributed by atoms with Crippen LogP contribution in [0.5, 0.6) is 0 Å². The molecule has 0 spiro atoms. The molecule has 0 aromatic heterocycles. The van der Waals surface area contributed by atoms with Crippen LogP contribution in [-0.2, 0) is 16.0 Å². The third-order valence-electron chi connectivity index (χ3n) is 5.23. The maximum Gasteiger partial charge on any atom is 0.307 e. The molecule has 1 amide bonds. The maximum absolute atomic E-state index is 11.6.